The molecule has 1 aromatic rings. The van der Waals surface area contributed by atoms with Crippen LogP contribution in [0.25, 0.3) is 6.08 Å². The molecule has 1 aromatic heterocycles. The summed E-state index contributed by atoms with van der Waals surface area (Å²) in [5, 5.41) is 3.33. The van der Waals surface area contributed by atoms with Gasteiger partial charge in [-0.25, -0.2) is 4.98 Å². The quantitative estimate of drug-likeness (QED) is 0.0996. The van der Waals surface area contributed by atoms with Crippen LogP contribution in [0.2, 0.25) is 36.3 Å². The minimum Gasteiger partial charge on any atom is -0.417 e. The number of rotatable bonds is 16. The van der Waals surface area contributed by atoms with Crippen LogP contribution in [0.1, 0.15) is 91.8 Å². The number of nitrogens with zero attached hydrogens (tertiary/aromatic N) is 1. The predicted octanol–water partition coefficient (Wildman–Crippen LogP) is 8.58. The lowest BCUT2D eigenvalue weighted by molar-refractivity contribution is 0.172. The summed E-state index contributed by atoms with van der Waals surface area (Å²) in [5.74, 6) is 0.408. The Balaban J connectivity index is 2.17. The smallest absolute Gasteiger partial charge is 0.264 e. The van der Waals surface area contributed by atoms with Crippen LogP contribution in [-0.2, 0) is 27.9 Å². The van der Waals surface area contributed by atoms with Crippen molar-refractivity contribution in [1.29, 1.82) is 0 Å². The molecule has 0 saturated carbocycles. The normalized spacial score (nSPS) is 22.3. The van der Waals surface area contributed by atoms with Gasteiger partial charge in [0.2, 0.25) is 0 Å². The first-order chi connectivity index (χ1) is 18.9. The second-order valence-corrected chi connectivity index (χ2v) is 27.8. The molecule has 1 aliphatic rings. The van der Waals surface area contributed by atoms with Gasteiger partial charge in [-0.2, -0.15) is 8.42 Å². The molecule has 0 radical (unpaired) electrons. The molecule has 2 rings (SSSR count). The summed E-state index contributed by atoms with van der Waals surface area (Å²) >= 11 is 1.63. The molecule has 244 valence electrons. The molecule has 0 aromatic carbocycles. The molecule has 4 atom stereocenters. The molecule has 0 bridgehead atoms. The first-order valence-corrected chi connectivity index (χ1v) is 23.8. The molecule has 1 saturated heterocycles. The Morgan fingerprint density at radius 3 is 2.24 bits per heavy atom. The lowest BCUT2D eigenvalue weighted by Crippen LogP contribution is -2.44. The number of aryl methyl sites for hydroxylation is 1. The van der Waals surface area contributed by atoms with E-state index in [1.807, 2.05) is 6.92 Å². The highest BCUT2D eigenvalue weighted by molar-refractivity contribution is 7.86. The Bertz CT molecular complexity index is 1170. The summed E-state index contributed by atoms with van der Waals surface area (Å²) in [6.07, 6.45) is 6.19. The molecule has 1 aliphatic heterocycles. The Hall–Kier alpha value is -0.406. The summed E-state index contributed by atoms with van der Waals surface area (Å²) in [6.45, 7) is 29.7. The SMILES string of the molecule is CC(=Cc1csc(C)n1)[C@H](C[C@@H]1O[C@@]1(CCC[C@H](C)CO[Si](C)(C)C(C)(C)C)COS(C)(=O)=O)O[Si](C)(C)C(C)(C)C. The van der Waals surface area contributed by atoms with Gasteiger partial charge in [0.1, 0.15) is 5.60 Å². The van der Waals surface area contributed by atoms with E-state index < -0.39 is 32.4 Å². The number of aromatic nitrogens is 1. The molecule has 11 heteroatoms. The summed E-state index contributed by atoms with van der Waals surface area (Å²) in [5.41, 5.74) is 1.42. The second-order valence-electron chi connectivity index (χ2n) is 15.5. The lowest BCUT2D eigenvalue weighted by atomic mass is 9.92. The van der Waals surface area contributed by atoms with Gasteiger partial charge in [0.05, 0.1) is 35.8 Å². The molecular weight excluding hydrogens is 603 g/mol. The van der Waals surface area contributed by atoms with Gasteiger partial charge in [-0.05, 0) is 80.5 Å². The standard InChI is InChI=1S/C31H59NO6S2Si2/c1-23(20-36-41(11,12)29(4,5)6)16-15-17-31(22-35-40(10,33)34)28(37-31)19-27(38-42(13,14)30(7,8)9)24(2)18-26-21-39-25(3)32-26/h18,21,23,27-28H,15-17,19-20,22H2,1-14H3/t23-,27-,28-,31-/m0/s1. The van der Waals surface area contributed by atoms with Crippen molar-refractivity contribution in [2.45, 2.75) is 142 Å². The Kier molecular flexibility index (Phi) is 12.5. The van der Waals surface area contributed by atoms with E-state index >= 15 is 0 Å². The molecule has 0 N–H and O–H groups in total. The van der Waals surface area contributed by atoms with Crippen LogP contribution in [0.15, 0.2) is 11.0 Å². The van der Waals surface area contributed by atoms with E-state index in [9.17, 15) is 8.42 Å². The number of thiazole rings is 1. The van der Waals surface area contributed by atoms with Crippen molar-refractivity contribution in [2.75, 3.05) is 19.5 Å². The van der Waals surface area contributed by atoms with Crippen LogP contribution < -0.4 is 0 Å². The Morgan fingerprint density at radius 2 is 1.74 bits per heavy atom. The van der Waals surface area contributed by atoms with E-state index in [1.165, 1.54) is 0 Å². The zero-order valence-corrected chi connectivity index (χ0v) is 32.5. The topological polar surface area (TPSA) is 87.3 Å². The summed E-state index contributed by atoms with van der Waals surface area (Å²) in [7, 11) is -7.49. The third-order valence-electron chi connectivity index (χ3n) is 9.45. The number of hydrogen-bond acceptors (Lipinski definition) is 8. The number of epoxide rings is 1. The van der Waals surface area contributed by atoms with Gasteiger partial charge in [0, 0.05) is 18.4 Å². The molecule has 0 aliphatic carbocycles. The van der Waals surface area contributed by atoms with Crippen LogP contribution in [0.3, 0.4) is 0 Å². The molecule has 42 heavy (non-hydrogen) atoms. The number of hydrogen-bond donors (Lipinski definition) is 0. The van der Waals surface area contributed by atoms with Crippen LogP contribution in [0, 0.1) is 12.8 Å². The fourth-order valence-corrected chi connectivity index (χ4v) is 7.83. The van der Waals surface area contributed by atoms with E-state index in [-0.39, 0.29) is 28.9 Å². The molecule has 1 fully saturated rings. The monoisotopic (exact) mass is 661 g/mol. The Morgan fingerprint density at radius 1 is 1.14 bits per heavy atom. The fourth-order valence-electron chi connectivity index (χ4n) is 4.36. The highest BCUT2D eigenvalue weighted by Gasteiger charge is 2.57. The van der Waals surface area contributed by atoms with E-state index in [0.29, 0.717) is 12.3 Å². The minimum atomic E-state index is -3.59. The van der Waals surface area contributed by atoms with Crippen LogP contribution in [0.5, 0.6) is 0 Å². The van der Waals surface area contributed by atoms with Crippen molar-refractivity contribution in [1.82, 2.24) is 4.98 Å². The minimum absolute atomic E-state index is 0.0339. The van der Waals surface area contributed by atoms with Gasteiger partial charge >= 0.3 is 0 Å². The van der Waals surface area contributed by atoms with E-state index in [1.54, 1.807) is 11.3 Å². The van der Waals surface area contributed by atoms with E-state index in [4.69, 9.17) is 17.8 Å². The molecule has 0 unspecified atom stereocenters. The van der Waals surface area contributed by atoms with Crippen LogP contribution in [-0.4, -0.2) is 67.3 Å². The number of ether oxygens (including phenoxy) is 1. The summed E-state index contributed by atoms with van der Waals surface area (Å²) in [6, 6.07) is 0. The fraction of sp³-hybridized carbons (Fsp3) is 0.839. The molecular formula is C31H59NO6S2Si2. The molecule has 2 heterocycles. The maximum atomic E-state index is 12.0. The first kappa shape index (κ1) is 37.8. The maximum Gasteiger partial charge on any atom is 0.264 e. The van der Waals surface area contributed by atoms with Crippen molar-refractivity contribution in [3.05, 3.63) is 21.7 Å². The highest BCUT2D eigenvalue weighted by atomic mass is 32.2. The van der Waals surface area contributed by atoms with Gasteiger partial charge in [-0.1, -0.05) is 54.9 Å². The van der Waals surface area contributed by atoms with Crippen LogP contribution >= 0.6 is 11.3 Å². The summed E-state index contributed by atoms with van der Waals surface area (Å²) < 4.78 is 49.0. The highest BCUT2D eigenvalue weighted by Crippen LogP contribution is 2.47. The average molecular weight is 662 g/mol. The van der Waals surface area contributed by atoms with Crippen molar-refractivity contribution in [3.63, 3.8) is 0 Å². The maximum absolute atomic E-state index is 12.0. The van der Waals surface area contributed by atoms with Crippen molar-refractivity contribution in [3.8, 4) is 0 Å². The molecule has 0 amide bonds. The zero-order valence-electron chi connectivity index (χ0n) is 28.8. The van der Waals surface area contributed by atoms with Crippen LogP contribution in [0.4, 0.5) is 0 Å². The first-order valence-electron chi connectivity index (χ1n) is 15.3. The van der Waals surface area contributed by atoms with Gasteiger partial charge in [0.15, 0.2) is 16.6 Å². The van der Waals surface area contributed by atoms with Gasteiger partial charge in [-0.15, -0.1) is 11.3 Å². The van der Waals surface area contributed by atoms with E-state index in [0.717, 1.165) is 48.4 Å². The van der Waals surface area contributed by atoms with Crippen molar-refractivity contribution in [2.24, 2.45) is 5.92 Å². The van der Waals surface area contributed by atoms with E-state index in [2.05, 4.69) is 98.0 Å². The van der Waals surface area contributed by atoms with Crippen molar-refractivity contribution < 1.29 is 26.2 Å². The molecule has 0 spiro atoms. The van der Waals surface area contributed by atoms with Gasteiger partial charge < -0.3 is 13.6 Å². The summed E-state index contributed by atoms with van der Waals surface area (Å²) in [4.78, 5) is 4.63. The largest absolute Gasteiger partial charge is 0.417 e. The van der Waals surface area contributed by atoms with Crippen molar-refractivity contribution >= 4 is 44.2 Å². The lowest BCUT2D eigenvalue weighted by Gasteiger charge is -2.39. The molecule has 7 nitrogen and oxygen atoms in total. The average Bonchev–Trinajstić information content (AvgIpc) is 3.32. The zero-order chi connectivity index (χ0) is 32.4. The second kappa shape index (κ2) is 13.9. The third kappa shape index (κ3) is 11.2. The predicted molar refractivity (Wildman–Crippen MR) is 182 cm³/mol. The van der Waals surface area contributed by atoms with Gasteiger partial charge in [-0.3, -0.25) is 4.18 Å². The Labute approximate surface area is 263 Å². The third-order valence-corrected chi connectivity index (χ3v) is 19.8. The van der Waals surface area contributed by atoms with Gasteiger partial charge in [0.25, 0.3) is 10.1 Å².